The Morgan fingerprint density at radius 3 is 2.35 bits per heavy atom. The lowest BCUT2D eigenvalue weighted by atomic mass is 10.1. The predicted molar refractivity (Wildman–Crippen MR) is 82.4 cm³/mol. The minimum atomic E-state index is -3.39. The summed E-state index contributed by atoms with van der Waals surface area (Å²) in [6.45, 7) is 7.50. The Bertz CT molecular complexity index is 570. The highest BCUT2D eigenvalue weighted by Gasteiger charge is 2.35. The molecule has 20 heavy (non-hydrogen) atoms. The topological polar surface area (TPSA) is 66.6 Å². The standard InChI is InChI=1S/C13H23N3O2S2/c1-9-5-13(19-12(9)6-14)20(17,18)16-7-10(2)15(4)11(3)8-16/h5,10-11H,6-8,14H2,1-4H3. The lowest BCUT2D eigenvalue weighted by Crippen LogP contribution is -2.56. The van der Waals surface area contributed by atoms with Gasteiger partial charge in [-0.1, -0.05) is 0 Å². The van der Waals surface area contributed by atoms with E-state index in [4.69, 9.17) is 5.73 Å². The van der Waals surface area contributed by atoms with Crippen LogP contribution >= 0.6 is 11.3 Å². The zero-order valence-electron chi connectivity index (χ0n) is 12.5. The van der Waals surface area contributed by atoms with Crippen LogP contribution in [0.3, 0.4) is 0 Å². The van der Waals surface area contributed by atoms with Crippen LogP contribution in [0.2, 0.25) is 0 Å². The summed E-state index contributed by atoms with van der Waals surface area (Å²) in [6.07, 6.45) is 0. The SMILES string of the molecule is Cc1cc(S(=O)(=O)N2CC(C)N(C)C(C)C2)sc1CN. The first-order chi connectivity index (χ1) is 9.27. The van der Waals surface area contributed by atoms with E-state index in [2.05, 4.69) is 18.7 Å². The maximum absolute atomic E-state index is 12.7. The van der Waals surface area contributed by atoms with Crippen LogP contribution in [0.25, 0.3) is 0 Å². The number of piperazine rings is 1. The van der Waals surface area contributed by atoms with Gasteiger partial charge in [-0.25, -0.2) is 8.42 Å². The number of nitrogens with zero attached hydrogens (tertiary/aromatic N) is 2. The van der Waals surface area contributed by atoms with E-state index in [9.17, 15) is 8.42 Å². The summed E-state index contributed by atoms with van der Waals surface area (Å²) in [7, 11) is -1.35. The highest BCUT2D eigenvalue weighted by Crippen LogP contribution is 2.30. The molecule has 5 nitrogen and oxygen atoms in total. The van der Waals surface area contributed by atoms with E-state index in [-0.39, 0.29) is 12.1 Å². The highest BCUT2D eigenvalue weighted by atomic mass is 32.2. The number of sulfonamides is 1. The number of hydrogen-bond donors (Lipinski definition) is 1. The third-order valence-corrected chi connectivity index (χ3v) is 7.64. The molecule has 1 saturated heterocycles. The van der Waals surface area contributed by atoms with Gasteiger partial charge in [-0.05, 0) is 39.4 Å². The van der Waals surface area contributed by atoms with Gasteiger partial charge in [0.05, 0.1) is 0 Å². The van der Waals surface area contributed by atoms with Crippen molar-refractivity contribution in [2.45, 2.75) is 43.6 Å². The molecule has 2 heterocycles. The first-order valence-electron chi connectivity index (χ1n) is 6.78. The Morgan fingerprint density at radius 2 is 1.90 bits per heavy atom. The summed E-state index contributed by atoms with van der Waals surface area (Å²) in [5.74, 6) is 0. The molecule has 2 atom stereocenters. The van der Waals surface area contributed by atoms with Crippen LogP contribution in [-0.4, -0.2) is 49.8 Å². The maximum atomic E-state index is 12.7. The van der Waals surface area contributed by atoms with Crippen LogP contribution in [0.1, 0.15) is 24.3 Å². The molecule has 0 aliphatic carbocycles. The van der Waals surface area contributed by atoms with E-state index in [0.29, 0.717) is 23.8 Å². The van der Waals surface area contributed by atoms with E-state index in [1.54, 1.807) is 10.4 Å². The summed E-state index contributed by atoms with van der Waals surface area (Å²) < 4.78 is 27.5. The zero-order valence-corrected chi connectivity index (χ0v) is 14.1. The number of rotatable bonds is 3. The minimum absolute atomic E-state index is 0.226. The minimum Gasteiger partial charge on any atom is -0.326 e. The van der Waals surface area contributed by atoms with Crippen molar-refractivity contribution >= 4 is 21.4 Å². The number of nitrogens with two attached hydrogens (primary N) is 1. The van der Waals surface area contributed by atoms with Crippen LogP contribution in [0.15, 0.2) is 10.3 Å². The van der Waals surface area contributed by atoms with Gasteiger partial charge < -0.3 is 5.73 Å². The molecule has 0 aromatic carbocycles. The quantitative estimate of drug-likeness (QED) is 0.910. The molecule has 2 N–H and O–H groups in total. The van der Waals surface area contributed by atoms with Crippen LogP contribution in [0, 0.1) is 6.92 Å². The second-order valence-corrected chi connectivity index (χ2v) is 8.86. The average molecular weight is 317 g/mol. The maximum Gasteiger partial charge on any atom is 0.252 e. The molecule has 0 spiro atoms. The summed E-state index contributed by atoms with van der Waals surface area (Å²) in [5, 5.41) is 0. The lowest BCUT2D eigenvalue weighted by molar-refractivity contribution is 0.105. The largest absolute Gasteiger partial charge is 0.326 e. The molecule has 2 unspecified atom stereocenters. The van der Waals surface area contributed by atoms with Crippen molar-refractivity contribution in [2.75, 3.05) is 20.1 Å². The van der Waals surface area contributed by atoms with Crippen molar-refractivity contribution in [1.82, 2.24) is 9.21 Å². The third-order valence-electron chi connectivity index (χ3n) is 4.10. The molecule has 0 amide bonds. The first-order valence-corrected chi connectivity index (χ1v) is 9.04. The smallest absolute Gasteiger partial charge is 0.252 e. The number of hydrogen-bond acceptors (Lipinski definition) is 5. The second-order valence-electron chi connectivity index (χ2n) is 5.56. The summed E-state index contributed by atoms with van der Waals surface area (Å²) in [6, 6.07) is 2.20. The number of likely N-dealkylation sites (N-methyl/N-ethyl adjacent to an activating group) is 1. The van der Waals surface area contributed by atoms with Crippen molar-refractivity contribution < 1.29 is 8.42 Å². The van der Waals surface area contributed by atoms with Gasteiger partial charge >= 0.3 is 0 Å². The van der Waals surface area contributed by atoms with Gasteiger partial charge in [0.25, 0.3) is 10.0 Å². The van der Waals surface area contributed by atoms with E-state index in [0.717, 1.165) is 10.4 Å². The molecule has 1 aliphatic rings. The Kier molecular flexibility index (Phi) is 4.56. The Morgan fingerprint density at radius 1 is 1.35 bits per heavy atom. The molecule has 1 aliphatic heterocycles. The molecule has 1 aromatic heterocycles. The summed E-state index contributed by atoms with van der Waals surface area (Å²) in [4.78, 5) is 3.16. The van der Waals surface area contributed by atoms with Crippen molar-refractivity contribution in [3.63, 3.8) is 0 Å². The monoisotopic (exact) mass is 317 g/mol. The molecule has 7 heteroatoms. The van der Waals surface area contributed by atoms with E-state index in [1.165, 1.54) is 11.3 Å². The van der Waals surface area contributed by atoms with E-state index in [1.807, 2.05) is 14.0 Å². The molecule has 1 fully saturated rings. The molecular formula is C13H23N3O2S2. The molecule has 0 saturated carbocycles. The average Bonchev–Trinajstić information content (AvgIpc) is 2.77. The van der Waals surface area contributed by atoms with Gasteiger partial charge in [-0.15, -0.1) is 11.3 Å². The zero-order chi connectivity index (χ0) is 15.1. The lowest BCUT2D eigenvalue weighted by Gasteiger charge is -2.41. The number of aryl methyl sites for hydroxylation is 1. The summed E-state index contributed by atoms with van der Waals surface area (Å²) >= 11 is 1.30. The second kappa shape index (κ2) is 5.73. The van der Waals surface area contributed by atoms with Gasteiger partial charge in [-0.2, -0.15) is 4.31 Å². The normalized spacial score (nSPS) is 26.1. The molecule has 0 bridgehead atoms. The van der Waals surface area contributed by atoms with Crippen LogP contribution in [0.5, 0.6) is 0 Å². The predicted octanol–water partition coefficient (Wildman–Crippen LogP) is 1.23. The Hall–Kier alpha value is -0.470. The molecular weight excluding hydrogens is 294 g/mol. The van der Waals surface area contributed by atoms with E-state index >= 15 is 0 Å². The van der Waals surface area contributed by atoms with Crippen LogP contribution < -0.4 is 5.73 Å². The van der Waals surface area contributed by atoms with E-state index < -0.39 is 10.0 Å². The van der Waals surface area contributed by atoms with Gasteiger partial charge in [0.2, 0.25) is 0 Å². The Labute approximate surface area is 125 Å². The number of thiophene rings is 1. The fourth-order valence-electron chi connectivity index (χ4n) is 2.50. The van der Waals surface area contributed by atoms with Gasteiger partial charge in [0.15, 0.2) is 0 Å². The Balaban J connectivity index is 2.30. The van der Waals surface area contributed by atoms with Crippen LogP contribution in [0.4, 0.5) is 0 Å². The summed E-state index contributed by atoms with van der Waals surface area (Å²) in [5.41, 5.74) is 6.61. The van der Waals surface area contributed by atoms with Crippen LogP contribution in [-0.2, 0) is 16.6 Å². The molecule has 114 valence electrons. The van der Waals surface area contributed by atoms with Gasteiger partial charge in [-0.3, -0.25) is 4.90 Å². The molecule has 2 rings (SSSR count). The van der Waals surface area contributed by atoms with Gasteiger partial charge in [0.1, 0.15) is 4.21 Å². The molecule has 1 aromatic rings. The fourth-order valence-corrected chi connectivity index (χ4v) is 5.72. The first kappa shape index (κ1) is 15.9. The van der Waals surface area contributed by atoms with Gasteiger partial charge in [0, 0.05) is 36.6 Å². The third kappa shape index (κ3) is 2.78. The van der Waals surface area contributed by atoms with Crippen molar-refractivity contribution in [2.24, 2.45) is 5.73 Å². The highest BCUT2D eigenvalue weighted by molar-refractivity contribution is 7.91. The van der Waals surface area contributed by atoms with Crippen molar-refractivity contribution in [3.8, 4) is 0 Å². The molecule has 0 radical (unpaired) electrons. The van der Waals surface area contributed by atoms with Crippen molar-refractivity contribution in [1.29, 1.82) is 0 Å². The van der Waals surface area contributed by atoms with Crippen molar-refractivity contribution in [3.05, 3.63) is 16.5 Å². The fraction of sp³-hybridized carbons (Fsp3) is 0.692.